The van der Waals surface area contributed by atoms with Gasteiger partial charge in [0.15, 0.2) is 0 Å². The Morgan fingerprint density at radius 2 is 1.80 bits per heavy atom. The molecule has 10 heteroatoms. The summed E-state index contributed by atoms with van der Waals surface area (Å²) in [5, 5.41) is 14.8. The Morgan fingerprint density at radius 3 is 2.53 bits per heavy atom. The molecule has 1 saturated carbocycles. The van der Waals surface area contributed by atoms with Crippen molar-refractivity contribution in [3.8, 4) is 22.8 Å². The van der Waals surface area contributed by atoms with E-state index in [-0.39, 0.29) is 11.7 Å². The number of likely N-dealkylation sites (N-methyl/N-ethyl adjacent to an activating group) is 1. The number of anilines is 1. The Hall–Kier alpha value is -4.41. The summed E-state index contributed by atoms with van der Waals surface area (Å²) in [6, 6.07) is 13.5. The summed E-state index contributed by atoms with van der Waals surface area (Å²) in [6.45, 7) is 6.61. The molecule has 2 fully saturated rings. The zero-order chi connectivity index (χ0) is 31.2. The molecular formula is C35H41N7O3. The molecule has 0 atom stereocenters. The number of carbonyl (C=O) groups is 1. The number of methoxy groups -OCH3 is 1. The van der Waals surface area contributed by atoms with Gasteiger partial charge in [-0.2, -0.15) is 0 Å². The van der Waals surface area contributed by atoms with Crippen molar-refractivity contribution in [1.82, 2.24) is 28.7 Å². The predicted octanol–water partition coefficient (Wildman–Crippen LogP) is 5.44. The third kappa shape index (κ3) is 5.32. The molecule has 1 amide bonds. The molecule has 0 unspecified atom stereocenters. The van der Waals surface area contributed by atoms with Crippen LogP contribution in [0, 0.1) is 6.92 Å². The van der Waals surface area contributed by atoms with Crippen LogP contribution in [0.4, 0.5) is 5.69 Å². The van der Waals surface area contributed by atoms with E-state index in [1.165, 1.54) is 12.8 Å². The van der Waals surface area contributed by atoms with Crippen LogP contribution in [0.3, 0.4) is 0 Å². The highest BCUT2D eigenvalue weighted by molar-refractivity contribution is 6.08. The summed E-state index contributed by atoms with van der Waals surface area (Å²) in [5.41, 5.74) is 5.11. The third-order valence-electron chi connectivity index (χ3n) is 9.90. The highest BCUT2D eigenvalue weighted by Gasteiger charge is 2.31. The number of nitrogens with one attached hydrogen (secondary N) is 1. The Balaban J connectivity index is 1.13. The van der Waals surface area contributed by atoms with E-state index in [0.717, 1.165) is 78.2 Å². The highest BCUT2D eigenvalue weighted by atomic mass is 16.5. The molecule has 7 rings (SSSR count). The highest BCUT2D eigenvalue weighted by Crippen LogP contribution is 2.39. The minimum atomic E-state index is -0.319. The van der Waals surface area contributed by atoms with Gasteiger partial charge >= 0.3 is 0 Å². The number of rotatable bonds is 6. The van der Waals surface area contributed by atoms with Crippen molar-refractivity contribution < 1.29 is 14.6 Å². The number of hydrogen-bond donors (Lipinski definition) is 2. The van der Waals surface area contributed by atoms with E-state index in [0.29, 0.717) is 29.1 Å². The number of phenols is 1. The monoisotopic (exact) mass is 607 g/mol. The van der Waals surface area contributed by atoms with E-state index in [1.54, 1.807) is 19.2 Å². The second kappa shape index (κ2) is 11.8. The van der Waals surface area contributed by atoms with Gasteiger partial charge in [0, 0.05) is 68.5 Å². The van der Waals surface area contributed by atoms with Gasteiger partial charge in [0.05, 0.1) is 35.2 Å². The van der Waals surface area contributed by atoms with Gasteiger partial charge in [-0.05, 0) is 70.0 Å². The molecule has 2 N–H and O–H groups in total. The number of aryl methyl sites for hydroxylation is 2. The van der Waals surface area contributed by atoms with E-state index in [4.69, 9.17) is 9.72 Å². The summed E-state index contributed by atoms with van der Waals surface area (Å²) < 4.78 is 9.50. The number of fused-ring (bicyclic) bond motifs is 2. The lowest BCUT2D eigenvalue weighted by Gasteiger charge is -2.41. The maximum absolute atomic E-state index is 13.3. The van der Waals surface area contributed by atoms with Crippen molar-refractivity contribution >= 4 is 28.0 Å². The number of imidazole rings is 1. The average Bonchev–Trinajstić information content (AvgIpc) is 3.62. The molecule has 5 aromatic rings. The molecule has 2 aliphatic rings. The standard InChI is InChI=1S/C35H41N7O3/c1-22-33-32(38-34(42(33)15-14-36-22)23-8-11-25(12-9-23)41-18-16-39(2)17-19-41)24-10-13-27(30(43)20-24)37-35(44)29-21-26-28(40(29)3)6-5-7-31(26)45-4/h5-7,10,13-15,20-21,23,25,43H,8-9,11-12,16-19H2,1-4H3,(H,37,44)/t23-,25-. The van der Waals surface area contributed by atoms with Gasteiger partial charge in [-0.1, -0.05) is 12.1 Å². The van der Waals surface area contributed by atoms with Gasteiger partial charge in [-0.25, -0.2) is 4.98 Å². The molecule has 3 aromatic heterocycles. The normalized spacial score (nSPS) is 19.7. The van der Waals surface area contributed by atoms with Gasteiger partial charge in [-0.15, -0.1) is 0 Å². The number of hydrogen-bond acceptors (Lipinski definition) is 7. The second-order valence-corrected chi connectivity index (χ2v) is 12.6. The van der Waals surface area contributed by atoms with Crippen LogP contribution in [0.2, 0.25) is 0 Å². The maximum atomic E-state index is 13.3. The molecule has 1 saturated heterocycles. The van der Waals surface area contributed by atoms with Crippen LogP contribution in [-0.4, -0.2) is 86.1 Å². The summed E-state index contributed by atoms with van der Waals surface area (Å²) in [4.78, 5) is 28.2. The summed E-state index contributed by atoms with van der Waals surface area (Å²) in [5.74, 6) is 1.79. The Labute approximate surface area is 263 Å². The molecule has 1 aliphatic heterocycles. The maximum Gasteiger partial charge on any atom is 0.272 e. The molecule has 10 nitrogen and oxygen atoms in total. The van der Waals surface area contributed by atoms with Crippen molar-refractivity contribution in [1.29, 1.82) is 0 Å². The Kier molecular flexibility index (Phi) is 7.71. The lowest BCUT2D eigenvalue weighted by atomic mass is 9.84. The van der Waals surface area contributed by atoms with Crippen molar-refractivity contribution in [2.45, 2.75) is 44.6 Å². The minimum Gasteiger partial charge on any atom is -0.506 e. The van der Waals surface area contributed by atoms with Gasteiger partial charge in [-0.3, -0.25) is 19.1 Å². The van der Waals surface area contributed by atoms with Crippen LogP contribution in [0.15, 0.2) is 54.9 Å². The number of piperazine rings is 1. The van der Waals surface area contributed by atoms with Crippen molar-refractivity contribution in [3.63, 3.8) is 0 Å². The molecule has 234 valence electrons. The first kappa shape index (κ1) is 29.3. The average molecular weight is 608 g/mol. The number of amides is 1. The zero-order valence-electron chi connectivity index (χ0n) is 26.5. The van der Waals surface area contributed by atoms with Crippen LogP contribution in [0.25, 0.3) is 27.7 Å². The quantitative estimate of drug-likeness (QED) is 0.248. The molecule has 2 aromatic carbocycles. The van der Waals surface area contributed by atoms with E-state index in [9.17, 15) is 9.90 Å². The second-order valence-electron chi connectivity index (χ2n) is 12.6. The largest absolute Gasteiger partial charge is 0.506 e. The SMILES string of the molecule is COc1cccc2c1cc(C(=O)Nc1ccc(-c3nc([C@H]4CC[C@H](N5CCN(C)CC5)CC4)n4ccnc(C)c34)cc1O)n2C. The first-order chi connectivity index (χ1) is 21.8. The number of benzene rings is 2. The van der Waals surface area contributed by atoms with E-state index < -0.39 is 0 Å². The summed E-state index contributed by atoms with van der Waals surface area (Å²) in [6.07, 6.45) is 8.42. The van der Waals surface area contributed by atoms with Crippen molar-refractivity contribution in [2.24, 2.45) is 7.05 Å². The minimum absolute atomic E-state index is 0.0193. The number of nitrogens with zero attached hydrogens (tertiary/aromatic N) is 6. The van der Waals surface area contributed by atoms with E-state index >= 15 is 0 Å². The number of aromatic hydroxyl groups is 1. The predicted molar refractivity (Wildman–Crippen MR) is 176 cm³/mol. The first-order valence-corrected chi connectivity index (χ1v) is 15.9. The Morgan fingerprint density at radius 1 is 1.02 bits per heavy atom. The van der Waals surface area contributed by atoms with Crippen LogP contribution in [-0.2, 0) is 7.05 Å². The fraction of sp³-hybridized carbons (Fsp3) is 0.400. The molecule has 0 radical (unpaired) electrons. The fourth-order valence-electron chi connectivity index (χ4n) is 7.30. The number of carbonyl (C=O) groups excluding carboxylic acids is 1. The van der Waals surface area contributed by atoms with E-state index in [2.05, 4.69) is 31.5 Å². The topological polar surface area (TPSA) is 100 Å². The molecule has 45 heavy (non-hydrogen) atoms. The van der Waals surface area contributed by atoms with Crippen LogP contribution >= 0.6 is 0 Å². The van der Waals surface area contributed by atoms with Gasteiger partial charge in [0.25, 0.3) is 5.91 Å². The van der Waals surface area contributed by atoms with Gasteiger partial charge in [0.1, 0.15) is 23.0 Å². The first-order valence-electron chi connectivity index (χ1n) is 15.9. The smallest absolute Gasteiger partial charge is 0.272 e. The molecular weight excluding hydrogens is 566 g/mol. The van der Waals surface area contributed by atoms with Crippen molar-refractivity contribution in [2.75, 3.05) is 45.7 Å². The van der Waals surface area contributed by atoms with Crippen LogP contribution in [0.1, 0.15) is 53.6 Å². The number of phenolic OH excluding ortho intramolecular Hbond substituents is 1. The van der Waals surface area contributed by atoms with Gasteiger partial charge in [0.2, 0.25) is 0 Å². The number of aromatic nitrogens is 4. The molecule has 0 spiro atoms. The number of ether oxygens (including phenoxy) is 1. The summed E-state index contributed by atoms with van der Waals surface area (Å²) >= 11 is 0. The fourth-order valence-corrected chi connectivity index (χ4v) is 7.30. The lowest BCUT2D eigenvalue weighted by molar-refractivity contribution is 0.0872. The van der Waals surface area contributed by atoms with Crippen molar-refractivity contribution in [3.05, 3.63) is 72.1 Å². The third-order valence-corrected chi connectivity index (χ3v) is 9.90. The molecule has 1 aliphatic carbocycles. The molecule has 0 bridgehead atoms. The molecule has 4 heterocycles. The summed E-state index contributed by atoms with van der Waals surface area (Å²) in [7, 11) is 5.67. The lowest BCUT2D eigenvalue weighted by Crippen LogP contribution is -2.49. The Bertz CT molecular complexity index is 1880. The van der Waals surface area contributed by atoms with Crippen LogP contribution < -0.4 is 10.1 Å². The van der Waals surface area contributed by atoms with E-state index in [1.807, 2.05) is 61.3 Å². The zero-order valence-corrected chi connectivity index (χ0v) is 26.5. The van der Waals surface area contributed by atoms with Crippen LogP contribution in [0.5, 0.6) is 11.5 Å². The van der Waals surface area contributed by atoms with Gasteiger partial charge < -0.3 is 24.6 Å².